The number of hydrazone groups is 1. The summed E-state index contributed by atoms with van der Waals surface area (Å²) in [5.41, 5.74) is 2.55. The highest BCUT2D eigenvalue weighted by atomic mass is 15.4. The normalized spacial score (nSPS) is 19.6. The molecule has 2 heteroatoms. The van der Waals surface area contributed by atoms with Gasteiger partial charge in [-0.2, -0.15) is 0 Å². The molecule has 1 aliphatic rings. The van der Waals surface area contributed by atoms with Crippen LogP contribution in [0, 0.1) is 0 Å². The molecule has 0 aromatic heterocycles. The quantitative estimate of drug-likeness (QED) is 0.412. The number of hydrogen-bond acceptors (Lipinski definition) is 1. The predicted molar refractivity (Wildman–Crippen MR) is 34.6 cm³/mol. The van der Waals surface area contributed by atoms with Gasteiger partial charge in [-0.25, -0.2) is 0 Å². The molecule has 0 N–H and O–H groups in total. The Balaban J connectivity index is 2.79. The van der Waals surface area contributed by atoms with Gasteiger partial charge in [0.05, 0.1) is 12.1 Å². The average Bonchev–Trinajstić information content (AvgIpc) is 1.85. The minimum Gasteiger partial charge on any atom is -0.0952 e. The molecule has 1 aliphatic heterocycles. The molecule has 0 spiro atoms. The summed E-state index contributed by atoms with van der Waals surface area (Å²) >= 11 is 0. The Morgan fingerprint density at radius 1 is 1.50 bits per heavy atom. The van der Waals surface area contributed by atoms with E-state index in [1.807, 2.05) is 18.7 Å². The lowest BCUT2D eigenvalue weighted by Gasteiger charge is -1.77. The highest BCUT2D eigenvalue weighted by Crippen LogP contribution is 1.98. The first-order chi connectivity index (χ1) is 3.70. The van der Waals surface area contributed by atoms with Crippen LogP contribution in [0.15, 0.2) is 5.10 Å². The topological polar surface area (TPSA) is 15.4 Å². The molecule has 0 unspecified atom stereocenters. The maximum atomic E-state index is 4.18. The van der Waals surface area contributed by atoms with E-state index in [1.54, 1.807) is 0 Å². The molecule has 2 nitrogen and oxygen atoms in total. The van der Waals surface area contributed by atoms with E-state index in [-0.39, 0.29) is 0 Å². The molecular weight excluding hydrogens is 100 g/mol. The van der Waals surface area contributed by atoms with Gasteiger partial charge in [-0.1, -0.05) is 4.68 Å². The summed E-state index contributed by atoms with van der Waals surface area (Å²) < 4.78 is 1.93. The van der Waals surface area contributed by atoms with Gasteiger partial charge < -0.3 is 0 Å². The van der Waals surface area contributed by atoms with E-state index in [1.165, 1.54) is 11.4 Å². The number of nitrogens with zero attached hydrogens (tertiary/aromatic N) is 2. The zero-order chi connectivity index (χ0) is 6.15. The van der Waals surface area contributed by atoms with Crippen molar-refractivity contribution in [2.75, 3.05) is 7.05 Å². The molecule has 0 aromatic carbocycles. The van der Waals surface area contributed by atoms with E-state index in [0.29, 0.717) is 0 Å². The monoisotopic (exact) mass is 111 g/mol. The molecule has 0 radical (unpaired) electrons. The highest BCUT2D eigenvalue weighted by molar-refractivity contribution is 6.01. The van der Waals surface area contributed by atoms with Crippen LogP contribution < -0.4 is 0 Å². The van der Waals surface area contributed by atoms with Gasteiger partial charge in [0.1, 0.15) is 0 Å². The van der Waals surface area contributed by atoms with Gasteiger partial charge in [-0.05, 0) is 12.0 Å². The summed E-state index contributed by atoms with van der Waals surface area (Å²) in [6, 6.07) is 0. The molecule has 1 heterocycles. The maximum absolute atomic E-state index is 4.18. The molecule has 0 aliphatic carbocycles. The van der Waals surface area contributed by atoms with Crippen LogP contribution in [0.4, 0.5) is 0 Å². The van der Waals surface area contributed by atoms with Crippen molar-refractivity contribution in [3.8, 4) is 0 Å². The standard InChI is InChI=1S/C6H11N2/c1-5-4-6(2)8(3)7-5/h4H2,1-3H3/q+1. The Morgan fingerprint density at radius 2 is 2.12 bits per heavy atom. The lowest BCUT2D eigenvalue weighted by atomic mass is 10.2. The summed E-state index contributed by atoms with van der Waals surface area (Å²) in [4.78, 5) is 0. The third-order valence-electron chi connectivity index (χ3n) is 1.38. The molecule has 44 valence electrons. The molecular formula is C6H11N2+. The van der Waals surface area contributed by atoms with Crippen molar-refractivity contribution in [3.05, 3.63) is 0 Å². The van der Waals surface area contributed by atoms with Gasteiger partial charge in [0, 0.05) is 6.92 Å². The van der Waals surface area contributed by atoms with Gasteiger partial charge in [0.15, 0.2) is 12.8 Å². The van der Waals surface area contributed by atoms with Crippen LogP contribution in [-0.4, -0.2) is 23.2 Å². The molecule has 0 fully saturated rings. The second kappa shape index (κ2) is 1.69. The van der Waals surface area contributed by atoms with Crippen molar-refractivity contribution in [2.24, 2.45) is 5.10 Å². The molecule has 0 bridgehead atoms. The second-order valence-electron chi connectivity index (χ2n) is 2.27. The van der Waals surface area contributed by atoms with Gasteiger partial charge in [0.25, 0.3) is 0 Å². The molecule has 0 saturated carbocycles. The van der Waals surface area contributed by atoms with E-state index in [2.05, 4.69) is 12.0 Å². The summed E-state index contributed by atoms with van der Waals surface area (Å²) in [5, 5.41) is 4.18. The van der Waals surface area contributed by atoms with E-state index < -0.39 is 0 Å². The Labute approximate surface area is 49.5 Å². The largest absolute Gasteiger partial charge is 0.187 e. The van der Waals surface area contributed by atoms with Crippen LogP contribution >= 0.6 is 0 Å². The van der Waals surface area contributed by atoms with Crippen molar-refractivity contribution < 1.29 is 4.68 Å². The molecule has 0 atom stereocenters. The third-order valence-corrected chi connectivity index (χ3v) is 1.38. The molecule has 8 heavy (non-hydrogen) atoms. The molecule has 1 rings (SSSR count). The van der Waals surface area contributed by atoms with E-state index >= 15 is 0 Å². The number of rotatable bonds is 0. The average molecular weight is 111 g/mol. The zero-order valence-electron chi connectivity index (χ0n) is 5.60. The lowest BCUT2D eigenvalue weighted by molar-refractivity contribution is -0.499. The van der Waals surface area contributed by atoms with Gasteiger partial charge >= 0.3 is 0 Å². The Hall–Kier alpha value is -0.660. The smallest absolute Gasteiger partial charge is 0.0952 e. The van der Waals surface area contributed by atoms with E-state index in [9.17, 15) is 0 Å². The van der Waals surface area contributed by atoms with Crippen molar-refractivity contribution in [2.45, 2.75) is 20.3 Å². The fourth-order valence-electron chi connectivity index (χ4n) is 0.861. The second-order valence-corrected chi connectivity index (χ2v) is 2.27. The third kappa shape index (κ3) is 0.782. The Bertz CT molecular complexity index is 165. The Morgan fingerprint density at radius 3 is 2.25 bits per heavy atom. The Kier molecular flexibility index (Phi) is 1.16. The fourth-order valence-corrected chi connectivity index (χ4v) is 0.861. The van der Waals surface area contributed by atoms with Crippen molar-refractivity contribution >= 4 is 11.4 Å². The number of hydrogen-bond donors (Lipinski definition) is 0. The van der Waals surface area contributed by atoms with Crippen LogP contribution in [0.1, 0.15) is 20.3 Å². The van der Waals surface area contributed by atoms with Gasteiger partial charge in [-0.3, -0.25) is 0 Å². The SMILES string of the molecule is CC1=N[N+](C)=C(C)C1. The summed E-state index contributed by atoms with van der Waals surface area (Å²) in [6.45, 7) is 4.15. The van der Waals surface area contributed by atoms with Crippen molar-refractivity contribution in [1.29, 1.82) is 0 Å². The molecule has 0 saturated heterocycles. The predicted octanol–water partition coefficient (Wildman–Crippen LogP) is 0.869. The summed E-state index contributed by atoms with van der Waals surface area (Å²) in [6.07, 6.45) is 1.05. The van der Waals surface area contributed by atoms with Gasteiger partial charge in [0.2, 0.25) is 0 Å². The first kappa shape index (κ1) is 5.48. The van der Waals surface area contributed by atoms with Crippen molar-refractivity contribution in [1.82, 2.24) is 0 Å². The fraction of sp³-hybridized carbons (Fsp3) is 0.667. The zero-order valence-corrected chi connectivity index (χ0v) is 5.60. The minimum absolute atomic E-state index is 1.05. The van der Waals surface area contributed by atoms with E-state index in [0.717, 1.165) is 6.42 Å². The molecule has 0 amide bonds. The maximum Gasteiger partial charge on any atom is 0.187 e. The minimum atomic E-state index is 1.05. The lowest BCUT2D eigenvalue weighted by Crippen LogP contribution is -2.00. The first-order valence-electron chi connectivity index (χ1n) is 2.80. The van der Waals surface area contributed by atoms with Crippen LogP contribution in [0.2, 0.25) is 0 Å². The van der Waals surface area contributed by atoms with Crippen LogP contribution in [0.3, 0.4) is 0 Å². The van der Waals surface area contributed by atoms with Crippen molar-refractivity contribution in [3.63, 3.8) is 0 Å². The van der Waals surface area contributed by atoms with Crippen LogP contribution in [-0.2, 0) is 0 Å². The highest BCUT2D eigenvalue weighted by Gasteiger charge is 2.14. The first-order valence-corrected chi connectivity index (χ1v) is 2.80. The summed E-state index contributed by atoms with van der Waals surface area (Å²) in [5.74, 6) is 0. The van der Waals surface area contributed by atoms with Crippen LogP contribution in [0.25, 0.3) is 0 Å². The van der Waals surface area contributed by atoms with Crippen LogP contribution in [0.5, 0.6) is 0 Å². The summed E-state index contributed by atoms with van der Waals surface area (Å²) in [7, 11) is 1.98. The van der Waals surface area contributed by atoms with Gasteiger partial charge in [-0.15, -0.1) is 0 Å². The molecule has 0 aromatic rings. The van der Waals surface area contributed by atoms with E-state index in [4.69, 9.17) is 0 Å².